The molecule has 1 unspecified atom stereocenters. The van der Waals surface area contributed by atoms with Crippen LogP contribution in [0.5, 0.6) is 11.5 Å². The Kier molecular flexibility index (Phi) is 7.18. The van der Waals surface area contributed by atoms with Gasteiger partial charge in [0.05, 0.1) is 26.9 Å². The van der Waals surface area contributed by atoms with E-state index in [1.807, 2.05) is 26.1 Å². The largest absolute Gasteiger partial charge is 0.493 e. The summed E-state index contributed by atoms with van der Waals surface area (Å²) in [5.74, 6) is 2.50. The average Bonchev–Trinajstić information content (AvgIpc) is 3.20. The highest BCUT2D eigenvalue weighted by Gasteiger charge is 2.30. The van der Waals surface area contributed by atoms with E-state index in [4.69, 9.17) is 14.2 Å². The van der Waals surface area contributed by atoms with Gasteiger partial charge in [-0.3, -0.25) is 9.89 Å². The molecule has 0 radical (unpaired) electrons. The summed E-state index contributed by atoms with van der Waals surface area (Å²) in [6.45, 7) is 9.13. The minimum Gasteiger partial charge on any atom is -0.493 e. The molecule has 0 amide bonds. The lowest BCUT2D eigenvalue weighted by Gasteiger charge is -2.32. The van der Waals surface area contributed by atoms with Crippen molar-refractivity contribution in [1.29, 1.82) is 0 Å². The molecule has 27 heavy (non-hydrogen) atoms. The number of aliphatic imine (C=N–C) groups is 1. The van der Waals surface area contributed by atoms with Gasteiger partial charge in [-0.2, -0.15) is 0 Å². The van der Waals surface area contributed by atoms with Crippen molar-refractivity contribution < 1.29 is 14.2 Å². The summed E-state index contributed by atoms with van der Waals surface area (Å²) in [4.78, 5) is 9.39. The zero-order chi connectivity index (χ0) is 19.1. The number of morpholine rings is 1. The van der Waals surface area contributed by atoms with Gasteiger partial charge < -0.3 is 24.4 Å². The van der Waals surface area contributed by atoms with Crippen LogP contribution >= 0.6 is 0 Å². The third kappa shape index (κ3) is 5.05. The molecule has 2 fully saturated rings. The zero-order valence-electron chi connectivity index (χ0n) is 16.7. The van der Waals surface area contributed by atoms with E-state index in [0.29, 0.717) is 19.2 Å². The molecular weight excluding hydrogens is 344 g/mol. The van der Waals surface area contributed by atoms with Crippen molar-refractivity contribution in [1.82, 2.24) is 15.1 Å². The second-order valence-corrected chi connectivity index (χ2v) is 6.86. The average molecular weight is 377 g/mol. The van der Waals surface area contributed by atoms with E-state index in [-0.39, 0.29) is 0 Å². The molecule has 1 atom stereocenters. The van der Waals surface area contributed by atoms with E-state index < -0.39 is 0 Å². The standard InChI is InChI=1S/C20H32N4O3/c1-4-27-19-13-16(5-6-18(19)25-3)14-22-20(21-2)24-8-7-17(15-24)23-9-11-26-12-10-23/h5-6,13,17H,4,7-12,14-15H2,1-3H3,(H,21,22). The molecule has 0 aromatic heterocycles. The molecule has 1 N–H and O–H groups in total. The Hall–Kier alpha value is -1.99. The molecule has 2 aliphatic heterocycles. The third-order valence-corrected chi connectivity index (χ3v) is 5.22. The van der Waals surface area contributed by atoms with Crippen LogP contribution in [-0.2, 0) is 11.3 Å². The molecule has 150 valence electrons. The van der Waals surface area contributed by atoms with Gasteiger partial charge in [0.2, 0.25) is 0 Å². The van der Waals surface area contributed by atoms with Gasteiger partial charge in [0.1, 0.15) is 0 Å². The van der Waals surface area contributed by atoms with Crippen molar-refractivity contribution in [2.24, 2.45) is 4.99 Å². The van der Waals surface area contributed by atoms with Gasteiger partial charge in [0.25, 0.3) is 0 Å². The quantitative estimate of drug-likeness (QED) is 0.601. The number of nitrogens with one attached hydrogen (secondary N) is 1. The SMILES string of the molecule is CCOc1cc(CNC(=NC)N2CCC(N3CCOCC3)C2)ccc1OC. The van der Waals surface area contributed by atoms with Crippen LogP contribution in [0, 0.1) is 0 Å². The summed E-state index contributed by atoms with van der Waals surface area (Å²) in [6, 6.07) is 6.64. The molecule has 0 saturated carbocycles. The predicted molar refractivity (Wildman–Crippen MR) is 107 cm³/mol. The van der Waals surface area contributed by atoms with E-state index in [2.05, 4.69) is 26.2 Å². The van der Waals surface area contributed by atoms with Crippen molar-refractivity contribution in [2.75, 3.05) is 60.2 Å². The van der Waals surface area contributed by atoms with Crippen molar-refractivity contribution >= 4 is 5.96 Å². The first-order valence-corrected chi connectivity index (χ1v) is 9.82. The summed E-state index contributed by atoms with van der Waals surface area (Å²) in [6.07, 6.45) is 1.18. The Morgan fingerprint density at radius 3 is 2.78 bits per heavy atom. The summed E-state index contributed by atoms with van der Waals surface area (Å²) in [7, 11) is 3.51. The highest BCUT2D eigenvalue weighted by molar-refractivity contribution is 5.80. The van der Waals surface area contributed by atoms with Crippen LogP contribution in [0.15, 0.2) is 23.2 Å². The van der Waals surface area contributed by atoms with Crippen molar-refractivity contribution in [3.8, 4) is 11.5 Å². The topological polar surface area (TPSA) is 58.6 Å². The Morgan fingerprint density at radius 2 is 2.07 bits per heavy atom. The summed E-state index contributed by atoms with van der Waals surface area (Å²) in [5, 5.41) is 3.49. The maximum atomic E-state index is 5.67. The van der Waals surface area contributed by atoms with Gasteiger partial charge in [-0.05, 0) is 31.0 Å². The smallest absolute Gasteiger partial charge is 0.193 e. The van der Waals surface area contributed by atoms with E-state index in [0.717, 1.165) is 62.4 Å². The van der Waals surface area contributed by atoms with Crippen molar-refractivity contribution in [3.63, 3.8) is 0 Å². The number of nitrogens with zero attached hydrogens (tertiary/aromatic N) is 3. The van der Waals surface area contributed by atoms with E-state index in [1.165, 1.54) is 6.42 Å². The monoisotopic (exact) mass is 376 g/mol. The first kappa shape index (κ1) is 19.8. The first-order chi connectivity index (χ1) is 13.2. The minimum absolute atomic E-state index is 0.595. The number of rotatable bonds is 6. The maximum Gasteiger partial charge on any atom is 0.193 e. The maximum absolute atomic E-state index is 5.67. The Bertz CT molecular complexity index is 632. The van der Waals surface area contributed by atoms with Crippen LogP contribution in [0.25, 0.3) is 0 Å². The van der Waals surface area contributed by atoms with Gasteiger partial charge in [0.15, 0.2) is 17.5 Å². The van der Waals surface area contributed by atoms with Crippen molar-refractivity contribution in [2.45, 2.75) is 25.9 Å². The fourth-order valence-electron chi connectivity index (χ4n) is 3.79. The molecule has 1 aromatic carbocycles. The number of methoxy groups -OCH3 is 1. The number of likely N-dealkylation sites (tertiary alicyclic amines) is 1. The Balaban J connectivity index is 1.56. The molecule has 0 aliphatic carbocycles. The van der Waals surface area contributed by atoms with Gasteiger partial charge in [0, 0.05) is 45.8 Å². The number of benzene rings is 1. The number of guanidine groups is 1. The van der Waals surface area contributed by atoms with Crippen molar-refractivity contribution in [3.05, 3.63) is 23.8 Å². The van der Waals surface area contributed by atoms with Crippen LogP contribution < -0.4 is 14.8 Å². The molecule has 2 aliphatic rings. The van der Waals surface area contributed by atoms with Crippen LogP contribution in [0.4, 0.5) is 0 Å². The fraction of sp³-hybridized carbons (Fsp3) is 0.650. The van der Waals surface area contributed by atoms with Crippen LogP contribution in [-0.4, -0.2) is 82.0 Å². The molecule has 2 heterocycles. The zero-order valence-corrected chi connectivity index (χ0v) is 16.7. The molecule has 0 bridgehead atoms. The molecule has 3 rings (SSSR count). The predicted octanol–water partition coefficient (Wildman–Crippen LogP) is 1.58. The lowest BCUT2D eigenvalue weighted by molar-refractivity contribution is 0.0195. The Morgan fingerprint density at radius 1 is 1.26 bits per heavy atom. The van der Waals surface area contributed by atoms with E-state index in [9.17, 15) is 0 Å². The summed E-state index contributed by atoms with van der Waals surface area (Å²) < 4.78 is 16.5. The minimum atomic E-state index is 0.595. The molecule has 0 spiro atoms. The number of hydrogen-bond donors (Lipinski definition) is 1. The lowest BCUT2D eigenvalue weighted by atomic mass is 10.2. The molecule has 2 saturated heterocycles. The summed E-state index contributed by atoms with van der Waals surface area (Å²) >= 11 is 0. The van der Waals surface area contributed by atoms with Crippen LogP contribution in [0.1, 0.15) is 18.9 Å². The number of hydrogen-bond acceptors (Lipinski definition) is 5. The van der Waals surface area contributed by atoms with Crippen LogP contribution in [0.3, 0.4) is 0 Å². The van der Waals surface area contributed by atoms with Gasteiger partial charge >= 0.3 is 0 Å². The van der Waals surface area contributed by atoms with Gasteiger partial charge in [-0.15, -0.1) is 0 Å². The van der Waals surface area contributed by atoms with Crippen LogP contribution in [0.2, 0.25) is 0 Å². The van der Waals surface area contributed by atoms with Gasteiger partial charge in [-0.25, -0.2) is 0 Å². The summed E-state index contributed by atoms with van der Waals surface area (Å²) in [5.41, 5.74) is 1.14. The second-order valence-electron chi connectivity index (χ2n) is 6.86. The third-order valence-electron chi connectivity index (χ3n) is 5.22. The Labute approximate surface area is 162 Å². The molecular formula is C20H32N4O3. The second kappa shape index (κ2) is 9.80. The fourth-order valence-corrected chi connectivity index (χ4v) is 3.79. The lowest BCUT2D eigenvalue weighted by Crippen LogP contribution is -2.46. The van der Waals surface area contributed by atoms with E-state index >= 15 is 0 Å². The highest BCUT2D eigenvalue weighted by Crippen LogP contribution is 2.28. The van der Waals surface area contributed by atoms with E-state index in [1.54, 1.807) is 7.11 Å². The van der Waals surface area contributed by atoms with Gasteiger partial charge in [-0.1, -0.05) is 6.07 Å². The normalized spacial score (nSPS) is 21.4. The molecule has 7 heteroatoms. The molecule has 1 aromatic rings. The highest BCUT2D eigenvalue weighted by atomic mass is 16.5. The molecule has 7 nitrogen and oxygen atoms in total. The number of ether oxygens (including phenoxy) is 3. The first-order valence-electron chi connectivity index (χ1n) is 9.82.